The number of benzene rings is 1. The number of hydrogen-bond acceptors (Lipinski definition) is 3. The van der Waals surface area contributed by atoms with Crippen molar-refractivity contribution in [2.24, 2.45) is 0 Å². The lowest BCUT2D eigenvalue weighted by molar-refractivity contribution is -0.137. The van der Waals surface area contributed by atoms with Crippen molar-refractivity contribution in [2.45, 2.75) is 25.1 Å². The van der Waals surface area contributed by atoms with E-state index in [1.54, 1.807) is 0 Å². The van der Waals surface area contributed by atoms with Gasteiger partial charge in [-0.25, -0.2) is 0 Å². The van der Waals surface area contributed by atoms with E-state index in [1.165, 1.54) is 12.1 Å². The van der Waals surface area contributed by atoms with Gasteiger partial charge >= 0.3 is 6.18 Å². The van der Waals surface area contributed by atoms with E-state index in [1.807, 2.05) is 0 Å². The summed E-state index contributed by atoms with van der Waals surface area (Å²) in [6.45, 7) is 1.38. The first-order chi connectivity index (χ1) is 9.97. The molecule has 1 aliphatic rings. The van der Waals surface area contributed by atoms with Crippen LogP contribution in [0.25, 0.3) is 0 Å². The molecule has 1 unspecified atom stereocenters. The maximum absolute atomic E-state index is 12.4. The molecular formula is C14H18ClF3N2O2. The Kier molecular flexibility index (Phi) is 6.96. The molecule has 1 amide bonds. The zero-order valence-corrected chi connectivity index (χ0v) is 12.6. The summed E-state index contributed by atoms with van der Waals surface area (Å²) in [5.41, 5.74) is -0.713. The molecule has 8 heteroatoms. The molecule has 1 atom stereocenters. The normalized spacial score (nSPS) is 17.7. The van der Waals surface area contributed by atoms with Gasteiger partial charge in [0.1, 0.15) is 12.4 Å². The van der Waals surface area contributed by atoms with Crippen LogP contribution in [0.3, 0.4) is 0 Å². The molecule has 0 aliphatic carbocycles. The average molecular weight is 339 g/mol. The third-order valence-corrected chi connectivity index (χ3v) is 3.23. The lowest BCUT2D eigenvalue weighted by Crippen LogP contribution is -2.41. The number of rotatable bonds is 5. The molecule has 22 heavy (non-hydrogen) atoms. The number of carbonyl (C=O) groups is 1. The molecule has 0 spiro atoms. The summed E-state index contributed by atoms with van der Waals surface area (Å²) in [5, 5.41) is 5.80. The molecule has 1 aromatic rings. The lowest BCUT2D eigenvalue weighted by atomic mass is 10.2. The van der Waals surface area contributed by atoms with Gasteiger partial charge in [-0.1, -0.05) is 0 Å². The van der Waals surface area contributed by atoms with Crippen molar-refractivity contribution < 1.29 is 22.7 Å². The highest BCUT2D eigenvalue weighted by Crippen LogP contribution is 2.30. The van der Waals surface area contributed by atoms with Crippen molar-refractivity contribution in [2.75, 3.05) is 19.7 Å². The zero-order chi connectivity index (χ0) is 15.3. The number of hydrogen-bond donors (Lipinski definition) is 2. The number of carbonyl (C=O) groups excluding carboxylic acids is 1. The Morgan fingerprint density at radius 1 is 1.32 bits per heavy atom. The summed E-state index contributed by atoms with van der Waals surface area (Å²) in [5.74, 6) is 0.278. The van der Waals surface area contributed by atoms with Crippen molar-refractivity contribution in [3.8, 4) is 5.75 Å². The minimum absolute atomic E-state index is 0. The van der Waals surface area contributed by atoms with E-state index < -0.39 is 11.7 Å². The van der Waals surface area contributed by atoms with E-state index in [0.29, 0.717) is 12.3 Å². The van der Waals surface area contributed by atoms with Crippen molar-refractivity contribution in [1.82, 2.24) is 10.6 Å². The number of amides is 1. The highest BCUT2D eigenvalue weighted by atomic mass is 35.5. The van der Waals surface area contributed by atoms with Gasteiger partial charge in [0.25, 0.3) is 0 Å². The third-order valence-electron chi connectivity index (χ3n) is 3.23. The van der Waals surface area contributed by atoms with Crippen molar-refractivity contribution in [3.05, 3.63) is 29.8 Å². The largest absolute Gasteiger partial charge is 0.492 e. The average Bonchev–Trinajstić information content (AvgIpc) is 2.97. The molecule has 1 fully saturated rings. The molecule has 2 N–H and O–H groups in total. The summed E-state index contributed by atoms with van der Waals surface area (Å²) in [7, 11) is 0. The van der Waals surface area contributed by atoms with E-state index in [9.17, 15) is 18.0 Å². The van der Waals surface area contributed by atoms with Crippen LogP contribution in [0.5, 0.6) is 5.75 Å². The fourth-order valence-electron chi connectivity index (χ4n) is 2.11. The molecule has 1 aromatic carbocycles. The summed E-state index contributed by atoms with van der Waals surface area (Å²) < 4.78 is 42.4. The molecule has 0 aromatic heterocycles. The second-order valence-corrected chi connectivity index (χ2v) is 4.81. The van der Waals surface area contributed by atoms with Crippen molar-refractivity contribution >= 4 is 18.3 Å². The van der Waals surface area contributed by atoms with Crippen LogP contribution in [-0.4, -0.2) is 31.6 Å². The van der Waals surface area contributed by atoms with Gasteiger partial charge in [-0.05, 0) is 43.7 Å². The zero-order valence-electron chi connectivity index (χ0n) is 11.8. The van der Waals surface area contributed by atoms with Crippen LogP contribution in [0.15, 0.2) is 24.3 Å². The summed E-state index contributed by atoms with van der Waals surface area (Å²) in [6, 6.07) is 4.33. The molecule has 1 saturated heterocycles. The predicted molar refractivity (Wildman–Crippen MR) is 78.2 cm³/mol. The molecule has 124 valence electrons. The monoisotopic (exact) mass is 338 g/mol. The molecule has 0 saturated carbocycles. The van der Waals surface area contributed by atoms with E-state index >= 15 is 0 Å². The lowest BCUT2D eigenvalue weighted by Gasteiger charge is -2.12. The fraction of sp³-hybridized carbons (Fsp3) is 0.500. The van der Waals surface area contributed by atoms with E-state index in [0.717, 1.165) is 31.5 Å². The van der Waals surface area contributed by atoms with Gasteiger partial charge < -0.3 is 15.4 Å². The quantitative estimate of drug-likeness (QED) is 0.810. The Labute approximate surface area is 132 Å². The van der Waals surface area contributed by atoms with Gasteiger partial charge in [0.05, 0.1) is 18.2 Å². The van der Waals surface area contributed by atoms with E-state index in [4.69, 9.17) is 4.74 Å². The molecule has 0 bridgehead atoms. The Hall–Kier alpha value is -1.47. The maximum atomic E-state index is 12.4. The fourth-order valence-corrected chi connectivity index (χ4v) is 2.11. The summed E-state index contributed by atoms with van der Waals surface area (Å²) in [4.78, 5) is 11.7. The molecule has 1 aliphatic heterocycles. The second-order valence-electron chi connectivity index (χ2n) is 4.81. The number of halogens is 4. The third kappa shape index (κ3) is 5.38. The van der Waals surface area contributed by atoms with Crippen LogP contribution in [0.2, 0.25) is 0 Å². The standard InChI is InChI=1S/C14H17F3N2O2.ClH/c15-14(16,17)10-3-5-11(6-4-10)21-9-8-19-13(20)12-2-1-7-18-12;/h3-6,12,18H,1-2,7-9H2,(H,19,20);1H. The minimum atomic E-state index is -4.35. The summed E-state index contributed by atoms with van der Waals surface area (Å²) in [6.07, 6.45) is -2.54. The highest BCUT2D eigenvalue weighted by Gasteiger charge is 2.30. The smallest absolute Gasteiger partial charge is 0.416 e. The van der Waals surface area contributed by atoms with Crippen molar-refractivity contribution in [1.29, 1.82) is 0 Å². The van der Waals surface area contributed by atoms with Crippen LogP contribution < -0.4 is 15.4 Å². The number of ether oxygens (including phenoxy) is 1. The van der Waals surface area contributed by atoms with Crippen LogP contribution in [0, 0.1) is 0 Å². The predicted octanol–water partition coefficient (Wildman–Crippen LogP) is 2.37. The van der Waals surface area contributed by atoms with Crippen LogP contribution >= 0.6 is 12.4 Å². The van der Waals surface area contributed by atoms with Crippen LogP contribution in [0.4, 0.5) is 13.2 Å². The van der Waals surface area contributed by atoms with Gasteiger partial charge in [-0.3, -0.25) is 4.79 Å². The second kappa shape index (κ2) is 8.24. The Bertz CT molecular complexity index is 474. The summed E-state index contributed by atoms with van der Waals surface area (Å²) >= 11 is 0. The van der Waals surface area contributed by atoms with E-state index in [2.05, 4.69) is 10.6 Å². The maximum Gasteiger partial charge on any atom is 0.416 e. The topological polar surface area (TPSA) is 50.4 Å². The Morgan fingerprint density at radius 3 is 2.55 bits per heavy atom. The van der Waals surface area contributed by atoms with Gasteiger partial charge in [-0.2, -0.15) is 13.2 Å². The molecule has 2 rings (SSSR count). The number of alkyl halides is 3. The Morgan fingerprint density at radius 2 is 2.00 bits per heavy atom. The van der Waals surface area contributed by atoms with Crippen LogP contribution in [-0.2, 0) is 11.0 Å². The SMILES string of the molecule is Cl.O=C(NCCOc1ccc(C(F)(F)F)cc1)C1CCCN1. The highest BCUT2D eigenvalue weighted by molar-refractivity contribution is 5.85. The first-order valence-corrected chi connectivity index (χ1v) is 6.78. The number of nitrogens with one attached hydrogen (secondary N) is 2. The van der Waals surface area contributed by atoms with Gasteiger partial charge in [0.2, 0.25) is 5.91 Å². The molecular weight excluding hydrogens is 321 g/mol. The molecule has 4 nitrogen and oxygen atoms in total. The van der Waals surface area contributed by atoms with E-state index in [-0.39, 0.29) is 31.0 Å². The Balaban J connectivity index is 0.00000242. The van der Waals surface area contributed by atoms with Gasteiger partial charge in [0, 0.05) is 0 Å². The molecule has 1 heterocycles. The van der Waals surface area contributed by atoms with Crippen molar-refractivity contribution in [3.63, 3.8) is 0 Å². The first-order valence-electron chi connectivity index (χ1n) is 6.78. The van der Waals surface area contributed by atoms with Gasteiger partial charge in [-0.15, -0.1) is 12.4 Å². The van der Waals surface area contributed by atoms with Gasteiger partial charge in [0.15, 0.2) is 0 Å². The first kappa shape index (κ1) is 18.6. The van der Waals surface area contributed by atoms with Crippen LogP contribution in [0.1, 0.15) is 18.4 Å². The minimum Gasteiger partial charge on any atom is -0.492 e. The molecule has 0 radical (unpaired) electrons.